The van der Waals surface area contributed by atoms with Gasteiger partial charge in [0.1, 0.15) is 12.4 Å². The zero-order valence-electron chi connectivity index (χ0n) is 11.2. The molecule has 2 nitrogen and oxygen atoms in total. The maximum atomic E-state index is 6.00. The molecule has 0 atom stereocenters. The average molecular weight is 273 g/mol. The summed E-state index contributed by atoms with van der Waals surface area (Å²) in [4.78, 5) is 2.72. The van der Waals surface area contributed by atoms with Crippen molar-refractivity contribution in [1.82, 2.24) is 0 Å². The number of hydrogen-bond acceptors (Lipinski definition) is 3. The van der Waals surface area contributed by atoms with Crippen molar-refractivity contribution in [3.63, 3.8) is 0 Å². The molecule has 1 aliphatic heterocycles. The summed E-state index contributed by atoms with van der Waals surface area (Å²) in [5.41, 5.74) is 2.57. The Morgan fingerprint density at radius 1 is 1.21 bits per heavy atom. The highest BCUT2D eigenvalue weighted by Gasteiger charge is 2.13. The summed E-state index contributed by atoms with van der Waals surface area (Å²) in [6.07, 6.45) is 3.46. The Hall–Kier alpha value is -1.48. The van der Waals surface area contributed by atoms with Crippen LogP contribution in [-0.4, -0.2) is 6.54 Å². The van der Waals surface area contributed by atoms with Gasteiger partial charge in [0.2, 0.25) is 0 Å². The van der Waals surface area contributed by atoms with Gasteiger partial charge in [0.15, 0.2) is 0 Å². The van der Waals surface area contributed by atoms with Crippen molar-refractivity contribution in [3.8, 4) is 5.75 Å². The van der Waals surface area contributed by atoms with Crippen molar-refractivity contribution < 1.29 is 4.74 Å². The van der Waals surface area contributed by atoms with E-state index in [0.717, 1.165) is 25.1 Å². The summed E-state index contributed by atoms with van der Waals surface area (Å²) in [6, 6.07) is 10.7. The molecule has 0 amide bonds. The Morgan fingerprint density at radius 2 is 2.11 bits per heavy atom. The lowest BCUT2D eigenvalue weighted by Gasteiger charge is -2.21. The van der Waals surface area contributed by atoms with Crippen LogP contribution in [0.4, 0.5) is 5.69 Å². The van der Waals surface area contributed by atoms with Crippen molar-refractivity contribution in [2.24, 2.45) is 0 Å². The van der Waals surface area contributed by atoms with Gasteiger partial charge in [0.05, 0.1) is 5.69 Å². The molecular weight excluding hydrogens is 254 g/mol. The monoisotopic (exact) mass is 273 g/mol. The maximum absolute atomic E-state index is 6.00. The first-order valence-electron chi connectivity index (χ1n) is 6.93. The van der Waals surface area contributed by atoms with E-state index in [0.29, 0.717) is 6.61 Å². The van der Waals surface area contributed by atoms with E-state index >= 15 is 0 Å². The molecule has 3 rings (SSSR count). The van der Waals surface area contributed by atoms with Crippen LogP contribution < -0.4 is 10.1 Å². The van der Waals surface area contributed by atoms with Gasteiger partial charge in [-0.1, -0.05) is 19.1 Å². The van der Waals surface area contributed by atoms with Crippen molar-refractivity contribution in [2.45, 2.75) is 32.8 Å². The van der Waals surface area contributed by atoms with Gasteiger partial charge in [0, 0.05) is 16.3 Å². The van der Waals surface area contributed by atoms with E-state index < -0.39 is 0 Å². The largest absolute Gasteiger partial charge is 0.486 e. The molecule has 1 aromatic heterocycles. The third kappa shape index (κ3) is 2.76. The number of aryl methyl sites for hydroxylation is 2. The fourth-order valence-corrected chi connectivity index (χ4v) is 3.31. The Kier molecular flexibility index (Phi) is 3.74. The van der Waals surface area contributed by atoms with Gasteiger partial charge in [-0.2, -0.15) is 0 Å². The van der Waals surface area contributed by atoms with Gasteiger partial charge in [0.25, 0.3) is 0 Å². The lowest BCUT2D eigenvalue weighted by atomic mass is 10.0. The molecule has 19 heavy (non-hydrogen) atoms. The maximum Gasteiger partial charge on any atom is 0.143 e. The molecule has 0 saturated carbocycles. The lowest BCUT2D eigenvalue weighted by Crippen LogP contribution is -2.13. The molecular formula is C16H19NOS. The van der Waals surface area contributed by atoms with Crippen LogP contribution in [0.3, 0.4) is 0 Å². The summed E-state index contributed by atoms with van der Waals surface area (Å²) in [5.74, 6) is 0.989. The zero-order valence-corrected chi connectivity index (χ0v) is 12.1. The molecule has 100 valence electrons. The van der Waals surface area contributed by atoms with E-state index in [1.807, 2.05) is 11.3 Å². The lowest BCUT2D eigenvalue weighted by molar-refractivity contribution is 0.310. The number of para-hydroxylation sites is 1. The van der Waals surface area contributed by atoms with Crippen molar-refractivity contribution >= 4 is 17.0 Å². The highest BCUT2D eigenvalue weighted by Crippen LogP contribution is 2.32. The minimum Gasteiger partial charge on any atom is -0.486 e. The first-order valence-corrected chi connectivity index (χ1v) is 7.74. The summed E-state index contributed by atoms with van der Waals surface area (Å²) >= 11 is 1.84. The first kappa shape index (κ1) is 12.5. The van der Waals surface area contributed by atoms with Crippen molar-refractivity contribution in [1.29, 1.82) is 0 Å². The Morgan fingerprint density at radius 3 is 2.95 bits per heavy atom. The van der Waals surface area contributed by atoms with Gasteiger partial charge in [-0.05, 0) is 43.0 Å². The van der Waals surface area contributed by atoms with E-state index in [-0.39, 0.29) is 0 Å². The van der Waals surface area contributed by atoms with Crippen LogP contribution in [0, 0.1) is 0 Å². The second-order valence-corrected chi connectivity index (χ2v) is 6.08. The van der Waals surface area contributed by atoms with E-state index in [2.05, 4.69) is 42.6 Å². The molecule has 1 N–H and O–H groups in total. The number of hydrogen-bond donors (Lipinski definition) is 1. The molecule has 0 unspecified atom stereocenters. The SMILES string of the molecule is CCc1ccc(COc2cccc3c2NCCC3)s1. The number of nitrogens with one attached hydrogen (secondary N) is 1. The second-order valence-electron chi connectivity index (χ2n) is 4.83. The number of thiophene rings is 1. The zero-order chi connectivity index (χ0) is 13.1. The van der Waals surface area contributed by atoms with E-state index in [1.54, 1.807) is 0 Å². The van der Waals surface area contributed by atoms with Crippen LogP contribution in [0.5, 0.6) is 5.75 Å². The highest BCUT2D eigenvalue weighted by molar-refractivity contribution is 7.11. The predicted molar refractivity (Wildman–Crippen MR) is 81.3 cm³/mol. The van der Waals surface area contributed by atoms with Crippen molar-refractivity contribution in [3.05, 3.63) is 45.6 Å². The second kappa shape index (κ2) is 5.66. The average Bonchev–Trinajstić information content (AvgIpc) is 2.93. The Labute approximate surface area is 118 Å². The third-order valence-corrected chi connectivity index (χ3v) is 4.68. The normalized spacial score (nSPS) is 13.7. The highest BCUT2D eigenvalue weighted by atomic mass is 32.1. The summed E-state index contributed by atoms with van der Waals surface area (Å²) < 4.78 is 6.00. The number of benzene rings is 1. The minimum absolute atomic E-state index is 0.669. The van der Waals surface area contributed by atoms with E-state index in [1.165, 1.54) is 27.4 Å². The van der Waals surface area contributed by atoms with E-state index in [9.17, 15) is 0 Å². The van der Waals surface area contributed by atoms with E-state index in [4.69, 9.17) is 4.74 Å². The number of ether oxygens (including phenoxy) is 1. The van der Waals surface area contributed by atoms with Gasteiger partial charge in [-0.3, -0.25) is 0 Å². The van der Waals surface area contributed by atoms with Crippen LogP contribution >= 0.6 is 11.3 Å². The van der Waals surface area contributed by atoms with Gasteiger partial charge in [-0.25, -0.2) is 0 Å². The summed E-state index contributed by atoms with van der Waals surface area (Å²) in [6.45, 7) is 3.91. The number of fused-ring (bicyclic) bond motifs is 1. The predicted octanol–water partition coefficient (Wildman–Crippen LogP) is 4.25. The minimum atomic E-state index is 0.669. The summed E-state index contributed by atoms with van der Waals surface area (Å²) in [5, 5.41) is 3.46. The molecule has 0 radical (unpaired) electrons. The molecule has 1 aliphatic rings. The van der Waals surface area contributed by atoms with Crippen LogP contribution in [0.25, 0.3) is 0 Å². The quantitative estimate of drug-likeness (QED) is 0.899. The smallest absolute Gasteiger partial charge is 0.143 e. The Balaban J connectivity index is 1.73. The molecule has 3 heteroatoms. The molecule has 0 aliphatic carbocycles. The fraction of sp³-hybridized carbons (Fsp3) is 0.375. The molecule has 0 fully saturated rings. The van der Waals surface area contributed by atoms with Crippen LogP contribution in [-0.2, 0) is 19.4 Å². The van der Waals surface area contributed by atoms with Crippen molar-refractivity contribution in [2.75, 3.05) is 11.9 Å². The molecule has 0 bridgehead atoms. The van der Waals surface area contributed by atoms with Gasteiger partial charge in [-0.15, -0.1) is 11.3 Å². The fourth-order valence-electron chi connectivity index (χ4n) is 2.44. The van der Waals surface area contributed by atoms with Crippen LogP contribution in [0.1, 0.15) is 28.7 Å². The molecule has 1 aromatic carbocycles. The Bertz CT molecular complexity index is 562. The molecule has 0 spiro atoms. The number of anilines is 1. The number of rotatable bonds is 4. The topological polar surface area (TPSA) is 21.3 Å². The van der Waals surface area contributed by atoms with Gasteiger partial charge >= 0.3 is 0 Å². The molecule has 2 aromatic rings. The molecule has 0 saturated heterocycles. The standard InChI is InChI=1S/C16H19NOS/c1-2-13-8-9-14(19-13)11-18-15-7-3-5-12-6-4-10-17-16(12)15/h3,5,7-9,17H,2,4,6,10-11H2,1H3. The van der Waals surface area contributed by atoms with Crippen LogP contribution in [0.2, 0.25) is 0 Å². The molecule has 2 heterocycles. The summed E-state index contributed by atoms with van der Waals surface area (Å²) in [7, 11) is 0. The van der Waals surface area contributed by atoms with Crippen LogP contribution in [0.15, 0.2) is 30.3 Å². The first-order chi connectivity index (χ1) is 9.36. The van der Waals surface area contributed by atoms with Gasteiger partial charge < -0.3 is 10.1 Å². The third-order valence-electron chi connectivity index (χ3n) is 3.47.